The van der Waals surface area contributed by atoms with E-state index < -0.39 is 98.9 Å². The number of halogens is 12. The molecule has 0 amide bonds. The summed E-state index contributed by atoms with van der Waals surface area (Å²) < 4.78 is 209. The van der Waals surface area contributed by atoms with E-state index in [2.05, 4.69) is 40.1 Å². The van der Waals surface area contributed by atoms with Gasteiger partial charge in [0.1, 0.15) is 44.9 Å². The van der Waals surface area contributed by atoms with Gasteiger partial charge in [0.25, 0.3) is 0 Å². The highest BCUT2D eigenvalue weighted by Crippen LogP contribution is 2.32. The third-order valence-electron chi connectivity index (χ3n) is 12.8. The second-order valence-electron chi connectivity index (χ2n) is 20.1. The second kappa shape index (κ2) is 50.2. The van der Waals surface area contributed by atoms with Crippen LogP contribution in [0.5, 0.6) is 51.7 Å². The zero-order valence-electron chi connectivity index (χ0n) is 56.2. The Morgan fingerprint density at radius 3 is 1.03 bits per heavy atom. The predicted molar refractivity (Wildman–Crippen MR) is 349 cm³/mol. The number of hydrogen-bond acceptors (Lipinski definition) is 17. The van der Waals surface area contributed by atoms with Crippen LogP contribution >= 0.6 is 0 Å². The molecule has 1 radical (unpaired) electrons. The molecule has 8 aromatic carbocycles. The van der Waals surface area contributed by atoms with Crippen LogP contribution in [0.4, 0.5) is 52.7 Å². The Morgan fingerprint density at radius 2 is 0.653 bits per heavy atom. The summed E-state index contributed by atoms with van der Waals surface area (Å²) in [6, 6.07) is 31.8. The minimum absolute atomic E-state index is 0.0861. The van der Waals surface area contributed by atoms with E-state index in [-0.39, 0.29) is 108 Å². The van der Waals surface area contributed by atoms with Gasteiger partial charge in [-0.1, -0.05) is 87.4 Å². The lowest BCUT2D eigenvalue weighted by Crippen LogP contribution is -2.09. The third-order valence-corrected chi connectivity index (χ3v) is 12.8. The number of benzene rings is 8. The monoisotopic (exact) mass is 1440 g/mol. The van der Waals surface area contributed by atoms with E-state index in [9.17, 15) is 57.8 Å². The molecule has 0 aliphatic carbocycles. The summed E-state index contributed by atoms with van der Waals surface area (Å²) >= 11 is 0. The van der Waals surface area contributed by atoms with Crippen molar-refractivity contribution in [3.05, 3.63) is 231 Å². The molecule has 101 heavy (non-hydrogen) atoms. The van der Waals surface area contributed by atoms with Crippen LogP contribution in [0.25, 0.3) is 0 Å². The third kappa shape index (κ3) is 31.5. The molecule has 0 bridgehead atoms. The number of methoxy groups -OCH3 is 5. The SMILES string of the molecule is CCCc1ccc(C(O)c2ccc(OCCOC)c(F)c2F)cc1.CCCc1ccc(CO)cc1.COCCOc1ccc(O)c(F)c1F.COCCOc1ccc(O)c(F)c1F.COCCOc1ccc(O[B]O)c(F)c1F.COCCOc1cccc(F)c1F.Oc1cccc(F)c1F. The maximum atomic E-state index is 14.3. The molecule has 17 nitrogen and oxygen atoms in total. The molecule has 8 rings (SSSR count). The number of hydrogen-bond donors (Lipinski definition) is 6. The highest BCUT2D eigenvalue weighted by atomic mass is 19.2. The normalized spacial score (nSPS) is 10.6. The second-order valence-corrected chi connectivity index (χ2v) is 20.1. The van der Waals surface area contributed by atoms with Crippen molar-refractivity contribution in [2.75, 3.05) is 102 Å². The lowest BCUT2D eigenvalue weighted by molar-refractivity contribution is 0.143. The topological polar surface area (TPSA) is 223 Å². The summed E-state index contributed by atoms with van der Waals surface area (Å²) in [4.78, 5) is 0. The number of aliphatic hydroxyl groups excluding tert-OH is 2. The highest BCUT2D eigenvalue weighted by molar-refractivity contribution is 6.17. The maximum Gasteiger partial charge on any atom is 0.569 e. The number of ether oxygens (including phenoxy) is 10. The summed E-state index contributed by atoms with van der Waals surface area (Å²) in [6.45, 7) is 6.52. The minimum Gasteiger partial charge on any atom is -0.535 e. The van der Waals surface area contributed by atoms with Crippen molar-refractivity contribution in [1.29, 1.82) is 0 Å². The molecular weight excluding hydrogens is 1360 g/mol. The molecule has 30 heteroatoms. The van der Waals surface area contributed by atoms with E-state index >= 15 is 0 Å². The predicted octanol–water partition coefficient (Wildman–Crippen LogP) is 14.1. The Kier molecular flexibility index (Phi) is 43.7. The average molecular weight is 1440 g/mol. The fourth-order valence-corrected chi connectivity index (χ4v) is 7.61. The molecule has 0 fully saturated rings. The Morgan fingerprint density at radius 1 is 0.337 bits per heavy atom. The molecule has 0 aliphatic rings. The first-order chi connectivity index (χ1) is 48.4. The van der Waals surface area contributed by atoms with Gasteiger partial charge in [-0.15, -0.1) is 0 Å². The van der Waals surface area contributed by atoms with Gasteiger partial charge in [0.05, 0.1) is 39.6 Å². The zero-order valence-corrected chi connectivity index (χ0v) is 56.2. The van der Waals surface area contributed by atoms with Gasteiger partial charge in [0.15, 0.2) is 69.3 Å². The van der Waals surface area contributed by atoms with Crippen molar-refractivity contribution in [3.63, 3.8) is 0 Å². The standard InChI is InChI=1S/C19H22F2O3.C10H14O.C9H10BF2O4.2C9H10F2O3.C9H10F2O2.C6H4F2O/c1-3-4-13-5-7-14(8-6-13)19(22)15-9-10-16(18(21)17(15)20)24-12-11-23-2;1-2-3-9-4-6-10(8-11)7-5-9;1-14-4-5-15-6-2-3-7(16-10-13)9(12)8(6)11;2*1-13-4-5-14-7-3-2-6(12)8(10)9(7)11;1-12-5-6-13-8-4-2-3-7(10)9(8)11;7-4-2-1-3-5(9)6(4)8/h5-10,19,22H,3-4,11-12H2,1-2H3;4-7,11H,2-3,8H2,1H3;2-3,13H,4-5H2,1H3;2*2-3,12H,4-5H2,1H3;2-4H,5-6H2,1H3;1-3,9H. The molecule has 0 aromatic heterocycles. The van der Waals surface area contributed by atoms with Crippen molar-refractivity contribution in [2.45, 2.75) is 52.2 Å². The van der Waals surface area contributed by atoms with E-state index in [1.807, 2.05) is 24.3 Å². The highest BCUT2D eigenvalue weighted by Gasteiger charge is 2.22. The maximum absolute atomic E-state index is 14.3. The van der Waals surface area contributed by atoms with Gasteiger partial charge in [-0.3, -0.25) is 0 Å². The lowest BCUT2D eigenvalue weighted by Gasteiger charge is -2.15. The van der Waals surface area contributed by atoms with Gasteiger partial charge in [-0.2, -0.15) is 39.5 Å². The van der Waals surface area contributed by atoms with Crippen LogP contribution in [-0.2, 0) is 43.1 Å². The van der Waals surface area contributed by atoms with Crippen LogP contribution in [0, 0.1) is 69.8 Å². The first-order valence-electron chi connectivity index (χ1n) is 30.5. The molecule has 1 unspecified atom stereocenters. The van der Waals surface area contributed by atoms with Crippen LogP contribution in [0.15, 0.2) is 133 Å². The van der Waals surface area contributed by atoms with E-state index in [1.165, 1.54) is 83.9 Å². The van der Waals surface area contributed by atoms with E-state index in [0.717, 1.165) is 78.9 Å². The van der Waals surface area contributed by atoms with Gasteiger partial charge in [-0.05, 0) is 108 Å². The first-order valence-corrected chi connectivity index (χ1v) is 30.5. The van der Waals surface area contributed by atoms with Crippen LogP contribution in [0.2, 0.25) is 0 Å². The van der Waals surface area contributed by atoms with Crippen LogP contribution < -0.4 is 28.3 Å². The number of phenolic OH excluding ortho intramolecular Hbond substituents is 3. The van der Waals surface area contributed by atoms with Gasteiger partial charge in [0, 0.05) is 41.1 Å². The molecule has 553 valence electrons. The smallest absolute Gasteiger partial charge is 0.535 e. The Bertz CT molecular complexity index is 3540. The number of aromatic hydroxyl groups is 3. The Labute approximate surface area is 577 Å². The minimum atomic E-state index is -1.31. The number of rotatable bonds is 29. The zero-order chi connectivity index (χ0) is 75.2. The fraction of sp³-hybridized carbons (Fsp3) is 0.324. The van der Waals surface area contributed by atoms with E-state index in [4.69, 9.17) is 63.3 Å². The van der Waals surface area contributed by atoms with E-state index in [0.29, 0.717) is 12.2 Å². The van der Waals surface area contributed by atoms with Crippen LogP contribution in [0.1, 0.15) is 60.6 Å². The van der Waals surface area contributed by atoms with Crippen molar-refractivity contribution in [3.8, 4) is 51.7 Å². The molecule has 0 saturated heterocycles. The summed E-state index contributed by atoms with van der Waals surface area (Å²) in [7, 11) is 7.67. The number of aliphatic hydroxyl groups is 2. The molecule has 0 saturated carbocycles. The largest absolute Gasteiger partial charge is 0.569 e. The van der Waals surface area contributed by atoms with Crippen molar-refractivity contribution in [2.24, 2.45) is 0 Å². The molecule has 0 heterocycles. The van der Waals surface area contributed by atoms with Gasteiger partial charge in [0.2, 0.25) is 46.5 Å². The molecule has 0 aliphatic heterocycles. The number of aryl methyl sites for hydroxylation is 2. The molecule has 8 aromatic rings. The summed E-state index contributed by atoms with van der Waals surface area (Å²) in [6.07, 6.45) is 3.03. The summed E-state index contributed by atoms with van der Waals surface area (Å²) in [5, 5.41) is 53.5. The van der Waals surface area contributed by atoms with Crippen LogP contribution in [-0.4, -0.2) is 140 Å². The van der Waals surface area contributed by atoms with Crippen molar-refractivity contribution < 1.29 is 135 Å². The van der Waals surface area contributed by atoms with Crippen molar-refractivity contribution in [1.82, 2.24) is 0 Å². The number of phenols is 3. The summed E-state index contributed by atoms with van der Waals surface area (Å²) in [5.41, 5.74) is 3.88. The molecule has 6 N–H and O–H groups in total. The molecular formula is C71H80BF12O17. The Balaban J connectivity index is 0.000000409. The quantitative estimate of drug-likeness (QED) is 0.0146. The molecule has 1 atom stereocenters. The van der Waals surface area contributed by atoms with Gasteiger partial charge >= 0.3 is 7.69 Å². The van der Waals surface area contributed by atoms with Crippen LogP contribution in [0.3, 0.4) is 0 Å². The van der Waals surface area contributed by atoms with Crippen molar-refractivity contribution >= 4 is 7.69 Å². The Hall–Kier alpha value is -9.14. The van der Waals surface area contributed by atoms with E-state index in [1.54, 1.807) is 12.1 Å². The summed E-state index contributed by atoms with van der Waals surface area (Å²) in [5.74, 6) is -17.2. The van der Waals surface area contributed by atoms with Gasteiger partial charge < -0.3 is 82.6 Å². The van der Waals surface area contributed by atoms with Gasteiger partial charge in [-0.25, -0.2) is 13.2 Å². The first kappa shape index (κ1) is 88.0. The fourth-order valence-electron chi connectivity index (χ4n) is 7.61. The lowest BCUT2D eigenvalue weighted by atomic mass is 9.98. The average Bonchev–Trinajstić information content (AvgIpc) is 0.825. The molecule has 0 spiro atoms.